The Bertz CT molecular complexity index is 1480. The van der Waals surface area contributed by atoms with Crippen LogP contribution in [0.4, 0.5) is 0 Å². The highest BCUT2D eigenvalue weighted by molar-refractivity contribution is 5.88. The van der Waals surface area contributed by atoms with Gasteiger partial charge in [0.05, 0.1) is 52.5 Å². The minimum Gasteiger partial charge on any atom is -0.499 e. The number of carbonyl (C=O) groups is 7. The van der Waals surface area contributed by atoms with Crippen molar-refractivity contribution in [3.8, 4) is 0 Å². The van der Waals surface area contributed by atoms with Crippen LogP contribution in [0.3, 0.4) is 0 Å². The molecule has 0 aromatic heterocycles. The average Bonchev–Trinajstić information content (AvgIpc) is 3.34. The van der Waals surface area contributed by atoms with E-state index in [9.17, 15) is 38.7 Å². The number of hydrogen-bond acceptors (Lipinski definition) is 23. The van der Waals surface area contributed by atoms with Gasteiger partial charge in [0.2, 0.25) is 0 Å². The maximum atomic E-state index is 10.9. The molecule has 0 spiro atoms. The van der Waals surface area contributed by atoms with Crippen molar-refractivity contribution in [2.24, 2.45) is 0 Å². The first kappa shape index (κ1) is 77.6. The van der Waals surface area contributed by atoms with Crippen LogP contribution in [0, 0.1) is 0 Å². The molecule has 0 aliphatic rings. The topological polar surface area (TPSA) is 344 Å². The number of hydrogen-bond donors (Lipinski definition) is 7. The summed E-state index contributed by atoms with van der Waals surface area (Å²) in [6.45, 7) is 36.4. The molecule has 23 nitrogen and oxygen atoms in total. The monoisotopic (exact) mass is 1010 g/mol. The third-order valence-electron chi connectivity index (χ3n) is 5.54. The average molecular weight is 1010 g/mol. The molecular formula is C47H76O23. The molecular weight excluding hydrogens is 932 g/mol. The molecule has 0 saturated heterocycles. The molecule has 0 bridgehead atoms. The van der Waals surface area contributed by atoms with Crippen molar-refractivity contribution in [1.29, 1.82) is 0 Å². The van der Waals surface area contributed by atoms with Gasteiger partial charge in [-0.3, -0.25) is 0 Å². The summed E-state index contributed by atoms with van der Waals surface area (Å²) in [6, 6.07) is 0. The van der Waals surface area contributed by atoms with E-state index in [1.165, 1.54) is 20.1 Å². The molecule has 0 aliphatic carbocycles. The van der Waals surface area contributed by atoms with Crippen LogP contribution < -0.4 is 0 Å². The second-order valence-electron chi connectivity index (χ2n) is 12.3. The molecule has 70 heavy (non-hydrogen) atoms. The summed E-state index contributed by atoms with van der Waals surface area (Å²) >= 11 is 0. The number of aliphatic hydroxyl groups excluding tert-OH is 7. The van der Waals surface area contributed by atoms with Gasteiger partial charge >= 0.3 is 41.8 Å². The Labute approximate surface area is 410 Å². The van der Waals surface area contributed by atoms with E-state index in [0.717, 1.165) is 18.2 Å². The van der Waals surface area contributed by atoms with Crippen molar-refractivity contribution >= 4 is 41.8 Å². The van der Waals surface area contributed by atoms with Gasteiger partial charge in [-0.05, 0) is 27.7 Å². The van der Waals surface area contributed by atoms with Gasteiger partial charge in [-0.2, -0.15) is 0 Å². The lowest BCUT2D eigenvalue weighted by atomic mass is 10.3. The molecule has 7 N–H and O–H groups in total. The van der Waals surface area contributed by atoms with E-state index < -0.39 is 54.0 Å². The zero-order valence-electron chi connectivity index (χ0n) is 40.9. The van der Waals surface area contributed by atoms with E-state index in [4.69, 9.17) is 35.4 Å². The predicted octanol–water partition coefficient (Wildman–Crippen LogP) is 1.01. The highest BCUT2D eigenvalue weighted by Gasteiger charge is 2.12. The summed E-state index contributed by atoms with van der Waals surface area (Å²) in [4.78, 5) is 74.2. The fraction of sp³-hybridized carbons (Fsp3) is 0.468. The molecule has 0 fully saturated rings. The summed E-state index contributed by atoms with van der Waals surface area (Å²) in [5.74, 6) is -3.81. The quantitative estimate of drug-likeness (QED) is 0.0137. The summed E-state index contributed by atoms with van der Waals surface area (Å²) < 4.78 is 41.0. The first-order valence-electron chi connectivity index (χ1n) is 20.4. The van der Waals surface area contributed by atoms with Gasteiger partial charge in [-0.15, -0.1) is 6.58 Å². The Morgan fingerprint density at radius 3 is 1.03 bits per heavy atom. The second-order valence-corrected chi connectivity index (χ2v) is 12.3. The fourth-order valence-corrected chi connectivity index (χ4v) is 2.35. The van der Waals surface area contributed by atoms with Gasteiger partial charge in [0, 0.05) is 53.5 Å². The summed E-state index contributed by atoms with van der Waals surface area (Å²) in [5, 5.41) is 59.2. The standard InChI is InChI=1S/C11H16O5.C9H12O5.C7H12O3.C6H10O3.C5H8O3.C5H10O2.C4H8O2/c1-7(2)10(13)15-5-9(12)6-16-11(14)8(3)4;1-3-8(11)13-5-7(10)6-14-9(12)4-2;1-6(2)7(9)10-5-3-4-8;1-5(2)6(8)9-4-3-7;1-2-5(7)8-4-3-6;1-2-4-7-5-3-6;1-2-6-4-3-5/h9,12H,1,3,5-6H2,2,4H3;3-4,7,10H,1-2,5-6H2;8H,1,3-5H2,2H3;7H,1,3-4H2,2H3;2,6H,1,3-4H2;2,6H,1,3-5H2;2,5H,1,3-4H2. The van der Waals surface area contributed by atoms with E-state index >= 15 is 0 Å². The predicted molar refractivity (Wildman–Crippen MR) is 256 cm³/mol. The molecule has 0 radical (unpaired) electrons. The number of rotatable bonds is 29. The number of ether oxygens (including phenoxy) is 9. The molecule has 0 atom stereocenters. The number of esters is 7. The largest absolute Gasteiger partial charge is 0.499 e. The first-order chi connectivity index (χ1) is 32.9. The van der Waals surface area contributed by atoms with Crippen LogP contribution in [0.1, 0.15) is 34.1 Å². The summed E-state index contributed by atoms with van der Waals surface area (Å²) in [5.41, 5.74) is 1.22. The summed E-state index contributed by atoms with van der Waals surface area (Å²) in [6.07, 6.45) is 4.35. The van der Waals surface area contributed by atoms with Crippen LogP contribution in [0.15, 0.2) is 112 Å². The highest BCUT2D eigenvalue weighted by atomic mass is 16.6. The number of carbonyl (C=O) groups excluding carboxylic acids is 7. The molecule has 0 heterocycles. The molecule has 0 amide bonds. The second kappa shape index (κ2) is 60.4. The van der Waals surface area contributed by atoms with Gasteiger partial charge in [-0.1, -0.05) is 58.7 Å². The summed E-state index contributed by atoms with van der Waals surface area (Å²) in [7, 11) is 0. The van der Waals surface area contributed by atoms with Crippen LogP contribution in [-0.2, 0) is 76.2 Å². The molecule has 0 rings (SSSR count). The molecule has 0 aromatic carbocycles. The Balaban J connectivity index is -0.000000136. The molecule has 0 saturated carbocycles. The number of aliphatic hydroxyl groups is 7. The lowest BCUT2D eigenvalue weighted by Crippen LogP contribution is -2.25. The van der Waals surface area contributed by atoms with Crippen LogP contribution in [-0.4, -0.2) is 189 Å². The van der Waals surface area contributed by atoms with E-state index in [0.29, 0.717) is 37.4 Å². The molecule has 402 valence electrons. The van der Waals surface area contributed by atoms with Crippen molar-refractivity contribution in [1.82, 2.24) is 0 Å². The molecule has 0 unspecified atom stereocenters. The third-order valence-corrected chi connectivity index (χ3v) is 5.54. The van der Waals surface area contributed by atoms with E-state index in [1.54, 1.807) is 19.9 Å². The van der Waals surface area contributed by atoms with Gasteiger partial charge in [-0.25, -0.2) is 33.6 Å². The maximum absolute atomic E-state index is 10.9. The van der Waals surface area contributed by atoms with Crippen molar-refractivity contribution in [3.63, 3.8) is 0 Å². The van der Waals surface area contributed by atoms with Gasteiger partial charge < -0.3 is 78.4 Å². The van der Waals surface area contributed by atoms with Crippen molar-refractivity contribution in [2.45, 2.75) is 46.3 Å². The van der Waals surface area contributed by atoms with Crippen LogP contribution >= 0.6 is 0 Å². The lowest BCUT2D eigenvalue weighted by Gasteiger charge is -2.11. The molecule has 0 aromatic rings. The van der Waals surface area contributed by atoms with Gasteiger partial charge in [0.15, 0.2) is 0 Å². The van der Waals surface area contributed by atoms with Crippen molar-refractivity contribution in [3.05, 3.63) is 112 Å². The highest BCUT2D eigenvalue weighted by Crippen LogP contribution is 1.98. The van der Waals surface area contributed by atoms with Gasteiger partial charge in [0.1, 0.15) is 58.5 Å². The normalized spacial score (nSPS) is 8.93. The minimum atomic E-state index is -1.05. The van der Waals surface area contributed by atoms with Crippen molar-refractivity contribution in [2.75, 3.05) is 99.1 Å². The van der Waals surface area contributed by atoms with E-state index in [1.807, 2.05) is 0 Å². The van der Waals surface area contributed by atoms with Gasteiger partial charge in [0.25, 0.3) is 0 Å². The smallest absolute Gasteiger partial charge is 0.333 e. The Hall–Kier alpha value is -6.57. The molecule has 23 heteroatoms. The van der Waals surface area contributed by atoms with E-state index in [2.05, 4.69) is 97.1 Å². The third kappa shape index (κ3) is 73.0. The minimum absolute atomic E-state index is 0.0451. The van der Waals surface area contributed by atoms with Crippen LogP contribution in [0.5, 0.6) is 0 Å². The fourth-order valence-electron chi connectivity index (χ4n) is 2.35. The zero-order chi connectivity index (χ0) is 55.7. The SMILES string of the molecule is C=C(C)C(=O)OCC(O)COC(=O)C(=C)C.C=C(C)C(=O)OCCCO.C=C(C)C(=O)OCCO.C=CC(=O)OCC(O)COC(=O)C=C.C=CC(=O)OCCO.C=CCOCCO.C=COCCO. The maximum Gasteiger partial charge on any atom is 0.333 e. The Morgan fingerprint density at radius 2 is 0.743 bits per heavy atom. The van der Waals surface area contributed by atoms with Crippen LogP contribution in [0.25, 0.3) is 0 Å². The first-order valence-corrected chi connectivity index (χ1v) is 20.4. The Morgan fingerprint density at radius 1 is 0.429 bits per heavy atom. The van der Waals surface area contributed by atoms with Crippen LogP contribution in [0.2, 0.25) is 0 Å². The zero-order valence-corrected chi connectivity index (χ0v) is 40.9. The molecule has 0 aliphatic heterocycles. The lowest BCUT2D eigenvalue weighted by molar-refractivity contribution is -0.148. The van der Waals surface area contributed by atoms with E-state index in [-0.39, 0.29) is 90.4 Å². The van der Waals surface area contributed by atoms with Crippen molar-refractivity contribution < 1.29 is 112 Å². The Kier molecular flexibility index (Phi) is 67.0.